The van der Waals surface area contributed by atoms with Gasteiger partial charge in [0, 0.05) is 19.3 Å². The van der Waals surface area contributed by atoms with Crippen molar-refractivity contribution in [2.75, 3.05) is 34.4 Å². The normalized spacial score (nSPS) is 11.5. The highest BCUT2D eigenvalue weighted by Crippen LogP contribution is 2.34. The van der Waals surface area contributed by atoms with Crippen LogP contribution in [0.3, 0.4) is 0 Å². The molecule has 134 valence electrons. The molecule has 0 amide bonds. The van der Waals surface area contributed by atoms with Gasteiger partial charge in [-0.1, -0.05) is 36.4 Å². The molecule has 0 aromatic heterocycles. The Morgan fingerprint density at radius 2 is 1.28 bits per heavy atom. The second-order valence-corrected chi connectivity index (χ2v) is 9.31. The van der Waals surface area contributed by atoms with Crippen molar-refractivity contribution >= 4 is 24.3 Å². The lowest BCUT2D eigenvalue weighted by molar-refractivity contribution is -0.114. The summed E-state index contributed by atoms with van der Waals surface area (Å²) in [6.45, 7) is 3.53. The number of hydrogen-bond donors (Lipinski definition) is 0. The van der Waals surface area contributed by atoms with Crippen LogP contribution in [0.15, 0.2) is 48.5 Å². The van der Waals surface area contributed by atoms with Crippen LogP contribution in [0.5, 0.6) is 0 Å². The van der Waals surface area contributed by atoms with Crippen molar-refractivity contribution < 1.29 is 4.79 Å². The quantitative estimate of drug-likeness (QED) is 0.680. The third kappa shape index (κ3) is 6.36. The average molecular weight is 356 g/mol. The zero-order valence-corrected chi connectivity index (χ0v) is 16.9. The molecular formula is C21H29N2OP. The number of rotatable bonds is 8. The third-order valence-corrected chi connectivity index (χ3v) is 6.39. The highest BCUT2D eigenvalue weighted by atomic mass is 31.1. The summed E-state index contributed by atoms with van der Waals surface area (Å²) in [5.41, 5.74) is 2.59. The Kier molecular flexibility index (Phi) is 7.31. The summed E-state index contributed by atoms with van der Waals surface area (Å²) in [7, 11) is 7.66. The molecule has 2 rings (SSSR count). The molecule has 0 N–H and O–H groups in total. The van der Waals surface area contributed by atoms with Gasteiger partial charge in [0.25, 0.3) is 0 Å². The molecule has 0 fully saturated rings. The molecule has 0 unspecified atom stereocenters. The predicted molar refractivity (Wildman–Crippen MR) is 109 cm³/mol. The number of Topliss-reactive ketones (excluding diaryl/α,β-unsaturated/α-hetero) is 1. The molecule has 3 nitrogen and oxygen atoms in total. The monoisotopic (exact) mass is 356 g/mol. The zero-order valence-electron chi connectivity index (χ0n) is 16.0. The summed E-state index contributed by atoms with van der Waals surface area (Å²) in [6.07, 6.45) is 0.603. The van der Waals surface area contributed by atoms with E-state index in [0.717, 1.165) is 13.1 Å². The first kappa shape index (κ1) is 19.8. The molecular weight excluding hydrogens is 327 g/mol. The van der Waals surface area contributed by atoms with E-state index < -0.39 is 7.92 Å². The Labute approximate surface area is 153 Å². The minimum atomic E-state index is -0.659. The fourth-order valence-electron chi connectivity index (χ4n) is 2.93. The van der Waals surface area contributed by atoms with Crippen molar-refractivity contribution in [3.05, 3.63) is 59.7 Å². The fourth-order valence-corrected chi connectivity index (χ4v) is 5.21. The van der Waals surface area contributed by atoms with Gasteiger partial charge in [-0.15, -0.1) is 0 Å². The molecule has 2 aromatic rings. The van der Waals surface area contributed by atoms with Crippen LogP contribution >= 0.6 is 7.92 Å². The van der Waals surface area contributed by atoms with Gasteiger partial charge in [0.2, 0.25) is 0 Å². The SMILES string of the molecule is CC(=O)CP(c1cccc(CN(C)C)c1)c1cccc(CN(C)C)c1. The number of benzene rings is 2. The molecule has 0 aliphatic rings. The summed E-state index contributed by atoms with van der Waals surface area (Å²) >= 11 is 0. The van der Waals surface area contributed by atoms with Crippen LogP contribution in [0.2, 0.25) is 0 Å². The first-order valence-corrected chi connectivity index (χ1v) is 10.1. The molecule has 0 bridgehead atoms. The van der Waals surface area contributed by atoms with Crippen LogP contribution < -0.4 is 10.6 Å². The lowest BCUT2D eigenvalue weighted by atomic mass is 10.2. The van der Waals surface area contributed by atoms with E-state index in [0.29, 0.717) is 6.16 Å². The van der Waals surface area contributed by atoms with Gasteiger partial charge in [-0.2, -0.15) is 0 Å². The largest absolute Gasteiger partial charge is 0.305 e. The standard InChI is InChI=1S/C21H29N2OP/c1-17(24)16-25(20-10-6-8-18(12-20)14-22(2)3)21-11-7-9-19(13-21)15-23(4)5/h6-13H,14-16H2,1-5H3. The summed E-state index contributed by atoms with van der Waals surface area (Å²) < 4.78 is 0. The molecule has 0 atom stereocenters. The van der Waals surface area contributed by atoms with Crippen molar-refractivity contribution in [1.82, 2.24) is 9.80 Å². The van der Waals surface area contributed by atoms with Gasteiger partial charge in [-0.05, 0) is 76.9 Å². The predicted octanol–water partition coefficient (Wildman–Crippen LogP) is 2.83. The molecule has 0 saturated carbocycles. The van der Waals surface area contributed by atoms with E-state index in [2.05, 4.69) is 86.5 Å². The van der Waals surface area contributed by atoms with Crippen molar-refractivity contribution in [3.63, 3.8) is 0 Å². The van der Waals surface area contributed by atoms with Crippen LogP contribution in [0, 0.1) is 0 Å². The average Bonchev–Trinajstić information content (AvgIpc) is 2.51. The minimum absolute atomic E-state index is 0.252. The van der Waals surface area contributed by atoms with E-state index >= 15 is 0 Å². The number of carbonyl (C=O) groups is 1. The highest BCUT2D eigenvalue weighted by molar-refractivity contribution is 7.73. The summed E-state index contributed by atoms with van der Waals surface area (Å²) in [6, 6.07) is 17.4. The molecule has 2 aromatic carbocycles. The topological polar surface area (TPSA) is 23.6 Å². The first-order valence-electron chi connectivity index (χ1n) is 8.59. The van der Waals surface area contributed by atoms with Crippen LogP contribution in [-0.2, 0) is 17.9 Å². The molecule has 0 heterocycles. The number of nitrogens with zero attached hydrogens (tertiary/aromatic N) is 2. The summed E-state index contributed by atoms with van der Waals surface area (Å²) in [5.74, 6) is 0.252. The minimum Gasteiger partial charge on any atom is -0.305 e. The number of ketones is 1. The maximum absolute atomic E-state index is 11.9. The van der Waals surface area contributed by atoms with Crippen molar-refractivity contribution in [2.24, 2.45) is 0 Å². The van der Waals surface area contributed by atoms with Crippen LogP contribution in [-0.4, -0.2) is 49.9 Å². The molecule has 0 radical (unpaired) electrons. The van der Waals surface area contributed by atoms with E-state index in [1.165, 1.54) is 21.7 Å². The zero-order chi connectivity index (χ0) is 18.4. The van der Waals surface area contributed by atoms with Gasteiger partial charge in [0.15, 0.2) is 0 Å². The molecule has 0 saturated heterocycles. The Hall–Kier alpha value is -1.54. The van der Waals surface area contributed by atoms with Gasteiger partial charge >= 0.3 is 0 Å². The van der Waals surface area contributed by atoms with Crippen molar-refractivity contribution in [2.45, 2.75) is 20.0 Å². The van der Waals surface area contributed by atoms with Crippen molar-refractivity contribution in [1.29, 1.82) is 0 Å². The van der Waals surface area contributed by atoms with E-state index in [4.69, 9.17) is 0 Å². The Morgan fingerprint density at radius 1 is 0.840 bits per heavy atom. The Morgan fingerprint density at radius 3 is 1.64 bits per heavy atom. The first-order chi connectivity index (χ1) is 11.8. The summed E-state index contributed by atoms with van der Waals surface area (Å²) in [5, 5.41) is 2.57. The summed E-state index contributed by atoms with van der Waals surface area (Å²) in [4.78, 5) is 16.3. The van der Waals surface area contributed by atoms with E-state index in [1.807, 2.05) is 0 Å². The molecule has 25 heavy (non-hydrogen) atoms. The highest BCUT2D eigenvalue weighted by Gasteiger charge is 2.17. The lowest BCUT2D eigenvalue weighted by Gasteiger charge is -2.20. The van der Waals surface area contributed by atoms with E-state index in [-0.39, 0.29) is 5.78 Å². The molecule has 0 spiro atoms. The fraction of sp³-hybridized carbons (Fsp3) is 0.381. The number of hydrogen-bond acceptors (Lipinski definition) is 3. The van der Waals surface area contributed by atoms with Crippen LogP contribution in [0.1, 0.15) is 18.1 Å². The smallest absolute Gasteiger partial charge is 0.134 e. The second kappa shape index (κ2) is 9.24. The van der Waals surface area contributed by atoms with Gasteiger partial charge < -0.3 is 9.80 Å². The molecule has 0 aliphatic carbocycles. The van der Waals surface area contributed by atoms with Gasteiger partial charge in [0.05, 0.1) is 0 Å². The third-order valence-electron chi connectivity index (χ3n) is 3.82. The van der Waals surface area contributed by atoms with Gasteiger partial charge in [-0.25, -0.2) is 0 Å². The Bertz CT molecular complexity index is 659. The second-order valence-electron chi connectivity index (χ2n) is 7.10. The van der Waals surface area contributed by atoms with E-state index in [9.17, 15) is 4.79 Å². The molecule has 4 heteroatoms. The van der Waals surface area contributed by atoms with Gasteiger partial charge in [0.1, 0.15) is 5.78 Å². The van der Waals surface area contributed by atoms with Crippen LogP contribution in [0.4, 0.5) is 0 Å². The lowest BCUT2D eigenvalue weighted by Crippen LogP contribution is -2.20. The maximum atomic E-state index is 11.9. The van der Waals surface area contributed by atoms with Gasteiger partial charge in [-0.3, -0.25) is 4.79 Å². The maximum Gasteiger partial charge on any atom is 0.134 e. The van der Waals surface area contributed by atoms with E-state index in [1.54, 1.807) is 6.92 Å². The Balaban J connectivity index is 2.38. The van der Waals surface area contributed by atoms with Crippen LogP contribution in [0.25, 0.3) is 0 Å². The number of carbonyl (C=O) groups excluding carboxylic acids is 1. The molecule has 0 aliphatic heterocycles. The van der Waals surface area contributed by atoms with Crippen molar-refractivity contribution in [3.8, 4) is 0 Å².